The van der Waals surface area contributed by atoms with Gasteiger partial charge < -0.3 is 24.5 Å². The van der Waals surface area contributed by atoms with Crippen molar-refractivity contribution in [1.29, 1.82) is 0 Å². The zero-order valence-corrected chi connectivity index (χ0v) is 20.0. The van der Waals surface area contributed by atoms with Gasteiger partial charge in [-0.15, -0.1) is 0 Å². The van der Waals surface area contributed by atoms with Gasteiger partial charge in [0.1, 0.15) is 6.04 Å². The van der Waals surface area contributed by atoms with E-state index in [1.165, 1.54) is 6.26 Å². The minimum atomic E-state index is -0.691. The second kappa shape index (κ2) is 11.9. The highest BCUT2D eigenvalue weighted by Crippen LogP contribution is 2.30. The van der Waals surface area contributed by atoms with Crippen LogP contribution in [0.25, 0.3) is 0 Å². The molecule has 2 N–H and O–H groups in total. The summed E-state index contributed by atoms with van der Waals surface area (Å²) in [7, 11) is 3.13. The molecule has 0 saturated heterocycles. The summed E-state index contributed by atoms with van der Waals surface area (Å²) in [5.41, 5.74) is 1.69. The highest BCUT2D eigenvalue weighted by atomic mass is 16.5. The Morgan fingerprint density at radius 2 is 1.65 bits per heavy atom. The molecule has 1 heterocycles. The van der Waals surface area contributed by atoms with E-state index in [2.05, 4.69) is 10.6 Å². The van der Waals surface area contributed by atoms with Crippen molar-refractivity contribution in [3.8, 4) is 11.5 Å². The van der Waals surface area contributed by atoms with Gasteiger partial charge in [-0.2, -0.15) is 0 Å². The van der Waals surface area contributed by atoms with Crippen LogP contribution in [0.15, 0.2) is 71.3 Å². The molecular weight excluding hydrogens is 432 g/mol. The number of amides is 1. The molecule has 2 atom stereocenters. The lowest BCUT2D eigenvalue weighted by molar-refractivity contribution is -0.122. The number of ether oxygens (including phenoxy) is 2. The van der Waals surface area contributed by atoms with Gasteiger partial charge >= 0.3 is 0 Å². The molecule has 0 radical (unpaired) electrons. The summed E-state index contributed by atoms with van der Waals surface area (Å²) in [6, 6.07) is 17.1. The van der Waals surface area contributed by atoms with Gasteiger partial charge in [-0.25, -0.2) is 0 Å². The third kappa shape index (κ3) is 6.63. The fourth-order valence-electron chi connectivity index (χ4n) is 3.75. The molecule has 0 saturated carbocycles. The van der Waals surface area contributed by atoms with Gasteiger partial charge in [-0.1, -0.05) is 44.2 Å². The summed E-state index contributed by atoms with van der Waals surface area (Å²) < 4.78 is 16.0. The first-order valence-corrected chi connectivity index (χ1v) is 11.3. The topological polar surface area (TPSA) is 89.8 Å². The highest BCUT2D eigenvalue weighted by Gasteiger charge is 2.28. The molecule has 2 aromatic carbocycles. The number of methoxy groups -OCH3 is 2. The Balaban J connectivity index is 1.85. The molecule has 3 aromatic rings. The van der Waals surface area contributed by atoms with Crippen molar-refractivity contribution in [2.24, 2.45) is 5.92 Å². The molecule has 0 aliphatic rings. The van der Waals surface area contributed by atoms with Crippen molar-refractivity contribution in [2.75, 3.05) is 19.5 Å². The molecule has 3 rings (SSSR count). The van der Waals surface area contributed by atoms with Crippen molar-refractivity contribution < 1.29 is 23.5 Å². The second-order valence-corrected chi connectivity index (χ2v) is 8.49. The van der Waals surface area contributed by atoms with Crippen molar-refractivity contribution >= 4 is 17.4 Å². The smallest absolute Gasteiger partial charge is 0.243 e. The molecule has 0 bridgehead atoms. The molecule has 34 heavy (non-hydrogen) atoms. The largest absolute Gasteiger partial charge is 0.493 e. The number of hydrogen-bond acceptors (Lipinski definition) is 6. The third-order valence-corrected chi connectivity index (χ3v) is 5.43. The van der Waals surface area contributed by atoms with Crippen LogP contribution < -0.4 is 20.1 Å². The van der Waals surface area contributed by atoms with Crippen molar-refractivity contribution in [2.45, 2.75) is 38.8 Å². The Bertz CT molecular complexity index is 1060. The maximum atomic E-state index is 13.5. The molecule has 7 nitrogen and oxygen atoms in total. The average Bonchev–Trinajstić information content (AvgIpc) is 3.38. The Hall–Kier alpha value is -3.74. The summed E-state index contributed by atoms with van der Waals surface area (Å²) >= 11 is 0. The molecule has 0 unspecified atom stereocenters. The van der Waals surface area contributed by atoms with E-state index < -0.39 is 12.1 Å². The number of rotatable bonds is 12. The number of benzene rings is 2. The Morgan fingerprint density at radius 3 is 2.26 bits per heavy atom. The number of Topliss-reactive ketones (excluding diaryl/α,β-unsaturated/α-hetero) is 1. The number of hydrogen-bond donors (Lipinski definition) is 2. The maximum Gasteiger partial charge on any atom is 0.243 e. The monoisotopic (exact) mass is 464 g/mol. The summed E-state index contributed by atoms with van der Waals surface area (Å²) in [6.07, 6.45) is 2.39. The SMILES string of the molecule is COc1ccc(N[C@@H](Cc2ccccc2)C(=O)N[C@@H](CC(C)C)C(=O)c2ccco2)cc1OC. The third-order valence-electron chi connectivity index (χ3n) is 5.43. The van der Waals surface area contributed by atoms with Crippen LogP contribution in [-0.2, 0) is 11.2 Å². The van der Waals surface area contributed by atoms with Crippen LogP contribution in [-0.4, -0.2) is 38.0 Å². The predicted molar refractivity (Wildman–Crippen MR) is 132 cm³/mol. The number of anilines is 1. The molecule has 0 aliphatic heterocycles. The van der Waals surface area contributed by atoms with Gasteiger partial charge in [0.05, 0.1) is 26.5 Å². The number of carbonyl (C=O) groups excluding carboxylic acids is 2. The van der Waals surface area contributed by atoms with Crippen LogP contribution in [0.2, 0.25) is 0 Å². The van der Waals surface area contributed by atoms with E-state index in [0.717, 1.165) is 5.56 Å². The van der Waals surface area contributed by atoms with Gasteiger partial charge in [0.15, 0.2) is 17.3 Å². The van der Waals surface area contributed by atoms with Gasteiger partial charge in [-0.05, 0) is 42.2 Å². The molecule has 7 heteroatoms. The Kier molecular flexibility index (Phi) is 8.73. The van der Waals surface area contributed by atoms with Gasteiger partial charge in [0.25, 0.3) is 0 Å². The second-order valence-electron chi connectivity index (χ2n) is 8.49. The van der Waals surface area contributed by atoms with Crippen LogP contribution in [0.4, 0.5) is 5.69 Å². The number of ketones is 1. The first-order chi connectivity index (χ1) is 16.4. The minimum absolute atomic E-state index is 0.204. The molecule has 0 spiro atoms. The zero-order chi connectivity index (χ0) is 24.5. The lowest BCUT2D eigenvalue weighted by atomic mass is 9.97. The number of nitrogens with one attached hydrogen (secondary N) is 2. The molecule has 0 fully saturated rings. The highest BCUT2D eigenvalue weighted by molar-refractivity contribution is 6.00. The fourth-order valence-corrected chi connectivity index (χ4v) is 3.75. The minimum Gasteiger partial charge on any atom is -0.493 e. The summed E-state index contributed by atoms with van der Waals surface area (Å²) in [5.74, 6) is 1.07. The van der Waals surface area contributed by atoms with E-state index in [-0.39, 0.29) is 23.4 Å². The van der Waals surface area contributed by atoms with Gasteiger partial charge in [0, 0.05) is 18.2 Å². The first kappa shape index (κ1) is 24.9. The lowest BCUT2D eigenvalue weighted by Gasteiger charge is -2.24. The standard InChI is InChI=1S/C27H32N2O5/c1-18(2)15-21(26(30)24-11-8-14-34-24)29-27(31)22(16-19-9-6-5-7-10-19)28-20-12-13-23(32-3)25(17-20)33-4/h5-14,17-18,21-22,28H,15-16H2,1-4H3,(H,29,31)/t21-,22-/m0/s1. The molecule has 1 amide bonds. The predicted octanol–water partition coefficient (Wildman–Crippen LogP) is 4.73. The van der Waals surface area contributed by atoms with Crippen LogP contribution in [0.1, 0.15) is 36.4 Å². The van der Waals surface area contributed by atoms with Gasteiger partial charge in [-0.3, -0.25) is 9.59 Å². The lowest BCUT2D eigenvalue weighted by Crippen LogP contribution is -2.49. The quantitative estimate of drug-likeness (QED) is 0.377. The Labute approximate surface area is 200 Å². The molecule has 1 aromatic heterocycles. The first-order valence-electron chi connectivity index (χ1n) is 11.3. The average molecular weight is 465 g/mol. The van der Waals surface area contributed by atoms with E-state index in [0.29, 0.717) is 30.0 Å². The van der Waals surface area contributed by atoms with Crippen LogP contribution in [0, 0.1) is 5.92 Å². The summed E-state index contributed by atoms with van der Waals surface area (Å²) in [6.45, 7) is 4.02. The van der Waals surface area contributed by atoms with Crippen molar-refractivity contribution in [1.82, 2.24) is 5.32 Å². The van der Waals surface area contributed by atoms with E-state index >= 15 is 0 Å². The fraction of sp³-hybridized carbons (Fsp3) is 0.333. The molecule has 0 aliphatic carbocycles. The summed E-state index contributed by atoms with van der Waals surface area (Å²) in [5, 5.41) is 6.26. The number of furan rings is 1. The van der Waals surface area contributed by atoms with Crippen LogP contribution in [0.3, 0.4) is 0 Å². The molecular formula is C27H32N2O5. The van der Waals surface area contributed by atoms with E-state index in [4.69, 9.17) is 13.9 Å². The van der Waals surface area contributed by atoms with E-state index in [1.54, 1.807) is 38.5 Å². The number of carbonyl (C=O) groups is 2. The molecule has 180 valence electrons. The zero-order valence-electron chi connectivity index (χ0n) is 20.0. The van der Waals surface area contributed by atoms with E-state index in [1.807, 2.05) is 50.2 Å². The van der Waals surface area contributed by atoms with Crippen LogP contribution >= 0.6 is 0 Å². The van der Waals surface area contributed by atoms with Crippen LogP contribution in [0.5, 0.6) is 11.5 Å². The Morgan fingerprint density at radius 1 is 0.912 bits per heavy atom. The van der Waals surface area contributed by atoms with Gasteiger partial charge in [0.2, 0.25) is 11.7 Å². The van der Waals surface area contributed by atoms with Crippen molar-refractivity contribution in [3.63, 3.8) is 0 Å². The van der Waals surface area contributed by atoms with Crippen molar-refractivity contribution in [3.05, 3.63) is 78.3 Å². The summed E-state index contributed by atoms with van der Waals surface area (Å²) in [4.78, 5) is 26.5. The van der Waals surface area contributed by atoms with E-state index in [9.17, 15) is 9.59 Å². The maximum absolute atomic E-state index is 13.5. The normalized spacial score (nSPS) is 12.6.